The number of hydrogen-bond acceptors (Lipinski definition) is 6. The Labute approximate surface area is 99.5 Å². The minimum Gasteiger partial charge on any atom is -0.469 e. The summed E-state index contributed by atoms with van der Waals surface area (Å²) in [6, 6.07) is 0. The normalized spacial score (nSPS) is 11.2. The van der Waals surface area contributed by atoms with E-state index in [-0.39, 0.29) is 13.0 Å². The van der Waals surface area contributed by atoms with Gasteiger partial charge in [-0.25, -0.2) is 0 Å². The Morgan fingerprint density at radius 2 is 1.76 bits per heavy atom. The van der Waals surface area contributed by atoms with Crippen molar-refractivity contribution in [3.63, 3.8) is 0 Å². The molecule has 96 valence electrons. The summed E-state index contributed by atoms with van der Waals surface area (Å²) in [6.45, 7) is 5.95. The first-order valence-corrected chi connectivity index (χ1v) is 4.91. The highest BCUT2D eigenvalue weighted by molar-refractivity contribution is 5.72. The smallest absolute Gasteiger partial charge is 0.309 e. The third-order valence-corrected chi connectivity index (χ3v) is 1.80. The highest BCUT2D eigenvalue weighted by Crippen LogP contribution is 2.11. The van der Waals surface area contributed by atoms with E-state index in [0.717, 1.165) is 0 Å². The van der Waals surface area contributed by atoms with E-state index in [1.54, 1.807) is 0 Å². The van der Waals surface area contributed by atoms with E-state index in [2.05, 4.69) is 11.3 Å². The molecule has 0 saturated heterocycles. The summed E-state index contributed by atoms with van der Waals surface area (Å²) < 4.78 is 14.0. The molecule has 0 bridgehead atoms. The van der Waals surface area contributed by atoms with Gasteiger partial charge in [-0.3, -0.25) is 14.4 Å². The van der Waals surface area contributed by atoms with E-state index in [4.69, 9.17) is 9.47 Å². The molecule has 1 atom stereocenters. The minimum atomic E-state index is -0.848. The maximum Gasteiger partial charge on any atom is 0.309 e. The van der Waals surface area contributed by atoms with Crippen molar-refractivity contribution in [2.75, 3.05) is 13.7 Å². The molecule has 17 heavy (non-hydrogen) atoms. The Balaban J connectivity index is 4.44. The molecule has 0 radical (unpaired) electrons. The second kappa shape index (κ2) is 7.43. The summed E-state index contributed by atoms with van der Waals surface area (Å²) in [7, 11) is 1.22. The molecular weight excluding hydrogens is 228 g/mol. The molecule has 6 nitrogen and oxygen atoms in total. The summed E-state index contributed by atoms with van der Waals surface area (Å²) in [5.41, 5.74) is 0.320. The number of hydrogen-bond donors (Lipinski definition) is 0. The Morgan fingerprint density at radius 1 is 1.18 bits per heavy atom. The maximum atomic E-state index is 11.1. The molecule has 0 aromatic carbocycles. The molecule has 0 N–H and O–H groups in total. The molecule has 0 spiro atoms. The molecule has 0 fully saturated rings. The molecule has 0 aliphatic rings. The van der Waals surface area contributed by atoms with Crippen LogP contribution in [0.2, 0.25) is 0 Å². The van der Waals surface area contributed by atoms with E-state index in [9.17, 15) is 14.4 Å². The topological polar surface area (TPSA) is 78.9 Å². The van der Waals surface area contributed by atoms with E-state index in [0.29, 0.717) is 5.57 Å². The molecule has 6 heteroatoms. The van der Waals surface area contributed by atoms with E-state index >= 15 is 0 Å². The number of methoxy groups -OCH3 is 1. The van der Waals surface area contributed by atoms with Crippen LogP contribution in [0.25, 0.3) is 0 Å². The zero-order valence-corrected chi connectivity index (χ0v) is 10.1. The molecule has 0 unspecified atom stereocenters. The Bertz CT molecular complexity index is 320. The fraction of sp³-hybridized carbons (Fsp3) is 0.545. The van der Waals surface area contributed by atoms with Crippen molar-refractivity contribution >= 4 is 17.9 Å². The minimum absolute atomic E-state index is 0.107. The fourth-order valence-corrected chi connectivity index (χ4v) is 0.992. The summed E-state index contributed by atoms with van der Waals surface area (Å²) in [6.07, 6.45) is -1.00. The average molecular weight is 244 g/mol. The molecule has 0 aromatic rings. The number of esters is 3. The van der Waals surface area contributed by atoms with Gasteiger partial charge in [0.2, 0.25) is 0 Å². The number of carbonyl (C=O) groups is 3. The van der Waals surface area contributed by atoms with Crippen molar-refractivity contribution in [3.05, 3.63) is 12.2 Å². The van der Waals surface area contributed by atoms with E-state index < -0.39 is 24.0 Å². The van der Waals surface area contributed by atoms with Gasteiger partial charge in [0.15, 0.2) is 0 Å². The van der Waals surface area contributed by atoms with Crippen molar-refractivity contribution < 1.29 is 28.6 Å². The summed E-state index contributed by atoms with van der Waals surface area (Å²) in [5, 5.41) is 0. The molecule has 0 amide bonds. The Morgan fingerprint density at radius 3 is 2.18 bits per heavy atom. The highest BCUT2D eigenvalue weighted by Gasteiger charge is 2.21. The number of ether oxygens (including phenoxy) is 3. The molecule has 0 aliphatic heterocycles. The largest absolute Gasteiger partial charge is 0.469 e. The van der Waals surface area contributed by atoms with Gasteiger partial charge < -0.3 is 14.2 Å². The monoisotopic (exact) mass is 244 g/mol. The second-order valence-corrected chi connectivity index (χ2v) is 3.32. The van der Waals surface area contributed by atoms with Gasteiger partial charge in [-0.15, -0.1) is 0 Å². The summed E-state index contributed by atoms with van der Waals surface area (Å²) >= 11 is 0. The van der Waals surface area contributed by atoms with E-state index in [1.807, 2.05) is 0 Å². The zero-order chi connectivity index (χ0) is 13.4. The lowest BCUT2D eigenvalue weighted by atomic mass is 10.1. The van der Waals surface area contributed by atoms with Crippen LogP contribution in [0.5, 0.6) is 0 Å². The lowest BCUT2D eigenvalue weighted by Gasteiger charge is -2.18. The van der Waals surface area contributed by atoms with Gasteiger partial charge in [0.25, 0.3) is 0 Å². The van der Waals surface area contributed by atoms with Crippen LogP contribution >= 0.6 is 0 Å². The van der Waals surface area contributed by atoms with Crippen molar-refractivity contribution in [2.24, 2.45) is 0 Å². The lowest BCUT2D eigenvalue weighted by Crippen LogP contribution is -2.25. The molecule has 0 aliphatic carbocycles. The van der Waals surface area contributed by atoms with Crippen LogP contribution in [0, 0.1) is 0 Å². The maximum absolute atomic E-state index is 11.1. The Hall–Kier alpha value is -1.85. The predicted molar refractivity (Wildman–Crippen MR) is 58.0 cm³/mol. The van der Waals surface area contributed by atoms with Crippen LogP contribution in [0.15, 0.2) is 12.2 Å². The van der Waals surface area contributed by atoms with Gasteiger partial charge in [-0.05, 0) is 0 Å². The van der Waals surface area contributed by atoms with Gasteiger partial charge in [0.05, 0.1) is 13.5 Å². The Kier molecular flexibility index (Phi) is 6.62. The van der Waals surface area contributed by atoms with Gasteiger partial charge in [0.1, 0.15) is 12.7 Å². The van der Waals surface area contributed by atoms with Crippen LogP contribution in [-0.2, 0) is 28.6 Å². The third kappa shape index (κ3) is 7.10. The van der Waals surface area contributed by atoms with Crippen LogP contribution in [0.3, 0.4) is 0 Å². The second-order valence-electron chi connectivity index (χ2n) is 3.32. The number of rotatable bonds is 6. The first-order chi connectivity index (χ1) is 7.86. The van der Waals surface area contributed by atoms with Crippen molar-refractivity contribution in [2.45, 2.75) is 26.4 Å². The van der Waals surface area contributed by atoms with Crippen LogP contribution < -0.4 is 0 Å². The average Bonchev–Trinajstić information content (AvgIpc) is 2.23. The standard InChI is InChI=1S/C11H16O6/c1-7(6-16-8(2)12)10(17-9(3)13)5-11(14)15-4/h10H,1,5-6H2,2-4H3/t10-/m1/s1. The molecule has 0 aromatic heterocycles. The van der Waals surface area contributed by atoms with Gasteiger partial charge >= 0.3 is 17.9 Å². The molecule has 0 heterocycles. The molecule has 0 rings (SSSR count). The van der Waals surface area contributed by atoms with Crippen molar-refractivity contribution in [3.8, 4) is 0 Å². The molecule has 0 saturated carbocycles. The number of carbonyl (C=O) groups excluding carboxylic acids is 3. The van der Waals surface area contributed by atoms with Crippen molar-refractivity contribution in [1.29, 1.82) is 0 Å². The first-order valence-electron chi connectivity index (χ1n) is 4.91. The summed E-state index contributed by atoms with van der Waals surface area (Å²) in [4.78, 5) is 32.5. The van der Waals surface area contributed by atoms with Gasteiger partial charge in [-0.1, -0.05) is 6.58 Å². The van der Waals surface area contributed by atoms with Crippen LogP contribution in [0.4, 0.5) is 0 Å². The van der Waals surface area contributed by atoms with Crippen LogP contribution in [-0.4, -0.2) is 37.7 Å². The quantitative estimate of drug-likeness (QED) is 0.387. The fourth-order valence-electron chi connectivity index (χ4n) is 0.992. The molecular formula is C11H16O6. The SMILES string of the molecule is C=C(COC(C)=O)[C@@H](CC(=O)OC)OC(C)=O. The first kappa shape index (κ1) is 15.2. The van der Waals surface area contributed by atoms with Crippen molar-refractivity contribution in [1.82, 2.24) is 0 Å². The highest BCUT2D eigenvalue weighted by atomic mass is 16.6. The van der Waals surface area contributed by atoms with E-state index in [1.165, 1.54) is 21.0 Å². The summed E-state index contributed by atoms with van der Waals surface area (Å²) in [5.74, 6) is -1.58. The third-order valence-electron chi connectivity index (χ3n) is 1.80. The zero-order valence-electron chi connectivity index (χ0n) is 10.1. The predicted octanol–water partition coefficient (Wildman–Crippen LogP) is 0.600. The van der Waals surface area contributed by atoms with Gasteiger partial charge in [0, 0.05) is 19.4 Å². The van der Waals surface area contributed by atoms with Crippen LogP contribution in [0.1, 0.15) is 20.3 Å². The lowest BCUT2D eigenvalue weighted by molar-refractivity contribution is -0.150. The van der Waals surface area contributed by atoms with Gasteiger partial charge in [-0.2, -0.15) is 0 Å².